The van der Waals surface area contributed by atoms with Gasteiger partial charge < -0.3 is 5.11 Å². The highest BCUT2D eigenvalue weighted by Gasteiger charge is 2.10. The molecule has 0 fully saturated rings. The van der Waals surface area contributed by atoms with Gasteiger partial charge in [0.1, 0.15) is 5.75 Å². The molecule has 96 valence electrons. The van der Waals surface area contributed by atoms with Crippen molar-refractivity contribution in [2.24, 2.45) is 0 Å². The lowest BCUT2D eigenvalue weighted by Gasteiger charge is -2.05. The van der Waals surface area contributed by atoms with Gasteiger partial charge in [-0.2, -0.15) is 0 Å². The van der Waals surface area contributed by atoms with E-state index < -0.39 is 0 Å². The van der Waals surface area contributed by atoms with E-state index in [2.05, 4.69) is 4.98 Å². The SMILES string of the molecule is Cc1cc(O)c(C(=O)C=Cc2ccccn2)cc1C. The molecule has 1 N–H and O–H groups in total. The number of hydrogen-bond donors (Lipinski definition) is 1. The van der Waals surface area contributed by atoms with E-state index in [4.69, 9.17) is 0 Å². The maximum Gasteiger partial charge on any atom is 0.189 e. The van der Waals surface area contributed by atoms with E-state index in [1.807, 2.05) is 32.0 Å². The Bertz CT molecular complexity index is 631. The lowest BCUT2D eigenvalue weighted by molar-refractivity contribution is 0.104. The van der Waals surface area contributed by atoms with Gasteiger partial charge in [-0.3, -0.25) is 9.78 Å². The zero-order valence-corrected chi connectivity index (χ0v) is 10.9. The predicted octanol–water partition coefficient (Wildman–Crippen LogP) is 3.30. The standard InChI is InChI=1S/C16H15NO2/c1-11-9-14(16(19)10-12(11)2)15(18)7-6-13-5-3-4-8-17-13/h3-10,19H,1-2H3. The van der Waals surface area contributed by atoms with Crippen molar-refractivity contribution in [1.29, 1.82) is 0 Å². The van der Waals surface area contributed by atoms with Crippen molar-refractivity contribution in [1.82, 2.24) is 4.98 Å². The molecule has 0 unspecified atom stereocenters. The molecule has 0 radical (unpaired) electrons. The number of phenolic OH excluding ortho intramolecular Hbond substituents is 1. The summed E-state index contributed by atoms with van der Waals surface area (Å²) in [6.07, 6.45) is 4.72. The Morgan fingerprint density at radius 1 is 1.21 bits per heavy atom. The highest BCUT2D eigenvalue weighted by Crippen LogP contribution is 2.22. The Labute approximate surface area is 112 Å². The lowest BCUT2D eigenvalue weighted by Crippen LogP contribution is -1.97. The summed E-state index contributed by atoms with van der Waals surface area (Å²) in [7, 11) is 0. The minimum atomic E-state index is -0.230. The van der Waals surface area contributed by atoms with Crippen molar-refractivity contribution in [2.75, 3.05) is 0 Å². The van der Waals surface area contributed by atoms with Gasteiger partial charge in [0.15, 0.2) is 5.78 Å². The number of hydrogen-bond acceptors (Lipinski definition) is 3. The van der Waals surface area contributed by atoms with Gasteiger partial charge in [-0.05, 0) is 61.4 Å². The van der Waals surface area contributed by atoms with Crippen molar-refractivity contribution in [3.05, 3.63) is 65.0 Å². The number of ketones is 1. The average Bonchev–Trinajstić information content (AvgIpc) is 2.41. The molecule has 0 aliphatic carbocycles. The molecule has 0 bridgehead atoms. The molecular weight excluding hydrogens is 238 g/mol. The molecule has 0 amide bonds. The summed E-state index contributed by atoms with van der Waals surface area (Å²) in [5, 5.41) is 9.81. The highest BCUT2D eigenvalue weighted by atomic mass is 16.3. The van der Waals surface area contributed by atoms with Gasteiger partial charge in [-0.25, -0.2) is 0 Å². The van der Waals surface area contributed by atoms with Crippen LogP contribution in [0.4, 0.5) is 0 Å². The molecule has 1 aromatic carbocycles. The van der Waals surface area contributed by atoms with Crippen LogP contribution in [-0.4, -0.2) is 15.9 Å². The van der Waals surface area contributed by atoms with Crippen LogP contribution in [0.15, 0.2) is 42.6 Å². The Hall–Kier alpha value is -2.42. The van der Waals surface area contributed by atoms with Crippen molar-refractivity contribution in [2.45, 2.75) is 13.8 Å². The number of benzene rings is 1. The molecule has 0 aliphatic rings. The number of pyridine rings is 1. The van der Waals surface area contributed by atoms with E-state index in [9.17, 15) is 9.90 Å². The summed E-state index contributed by atoms with van der Waals surface area (Å²) >= 11 is 0. The second-order valence-corrected chi connectivity index (χ2v) is 4.41. The first-order chi connectivity index (χ1) is 9.08. The third-order valence-electron chi connectivity index (χ3n) is 2.97. The van der Waals surface area contributed by atoms with Crippen LogP contribution in [0.5, 0.6) is 5.75 Å². The Balaban J connectivity index is 2.26. The van der Waals surface area contributed by atoms with Gasteiger partial charge in [-0.15, -0.1) is 0 Å². The molecule has 3 heteroatoms. The average molecular weight is 253 g/mol. The van der Waals surface area contributed by atoms with Crippen LogP contribution in [0.2, 0.25) is 0 Å². The minimum Gasteiger partial charge on any atom is -0.507 e. The molecule has 2 rings (SSSR count). The van der Waals surface area contributed by atoms with E-state index in [1.165, 1.54) is 6.08 Å². The largest absolute Gasteiger partial charge is 0.507 e. The van der Waals surface area contributed by atoms with Crippen molar-refractivity contribution >= 4 is 11.9 Å². The van der Waals surface area contributed by atoms with Gasteiger partial charge in [0.25, 0.3) is 0 Å². The molecule has 3 nitrogen and oxygen atoms in total. The van der Waals surface area contributed by atoms with Crippen LogP contribution < -0.4 is 0 Å². The van der Waals surface area contributed by atoms with Crippen LogP contribution >= 0.6 is 0 Å². The minimum absolute atomic E-state index is 0.0128. The zero-order valence-electron chi connectivity index (χ0n) is 10.9. The number of allylic oxidation sites excluding steroid dienone is 1. The Morgan fingerprint density at radius 2 is 1.95 bits per heavy atom. The molecule has 0 spiro atoms. The van der Waals surface area contributed by atoms with Gasteiger partial charge in [0.2, 0.25) is 0 Å². The molecule has 1 aromatic heterocycles. The molecule has 0 saturated carbocycles. The summed E-state index contributed by atoms with van der Waals surface area (Å²) in [6, 6.07) is 8.79. The fourth-order valence-corrected chi connectivity index (χ4v) is 1.72. The number of aryl methyl sites for hydroxylation is 2. The fraction of sp³-hybridized carbons (Fsp3) is 0.125. The summed E-state index contributed by atoms with van der Waals surface area (Å²) in [5.41, 5.74) is 2.96. The number of carbonyl (C=O) groups is 1. The Morgan fingerprint density at radius 3 is 2.63 bits per heavy atom. The van der Waals surface area contributed by atoms with Crippen LogP contribution in [0, 0.1) is 13.8 Å². The van der Waals surface area contributed by atoms with Gasteiger partial charge >= 0.3 is 0 Å². The van der Waals surface area contributed by atoms with Crippen LogP contribution in [0.1, 0.15) is 27.2 Å². The summed E-state index contributed by atoms with van der Waals surface area (Å²) in [4.78, 5) is 16.1. The van der Waals surface area contributed by atoms with E-state index in [1.54, 1.807) is 24.4 Å². The first kappa shape index (κ1) is 13.0. The maximum absolute atomic E-state index is 12.0. The third-order valence-corrected chi connectivity index (χ3v) is 2.97. The van der Waals surface area contributed by atoms with Crippen molar-refractivity contribution in [3.63, 3.8) is 0 Å². The zero-order chi connectivity index (χ0) is 13.8. The second-order valence-electron chi connectivity index (χ2n) is 4.41. The monoisotopic (exact) mass is 253 g/mol. The first-order valence-corrected chi connectivity index (χ1v) is 6.01. The number of carbonyl (C=O) groups excluding carboxylic acids is 1. The Kier molecular flexibility index (Phi) is 3.76. The molecule has 0 saturated heterocycles. The second kappa shape index (κ2) is 5.48. The summed E-state index contributed by atoms with van der Waals surface area (Å²) in [5.74, 6) is -0.218. The summed E-state index contributed by atoms with van der Waals surface area (Å²) in [6.45, 7) is 3.81. The van der Waals surface area contributed by atoms with Gasteiger partial charge in [-0.1, -0.05) is 6.07 Å². The van der Waals surface area contributed by atoms with Gasteiger partial charge in [0.05, 0.1) is 11.3 Å². The molecule has 1 heterocycles. The van der Waals surface area contributed by atoms with E-state index >= 15 is 0 Å². The molecular formula is C16H15NO2. The summed E-state index contributed by atoms with van der Waals surface area (Å²) < 4.78 is 0. The van der Waals surface area contributed by atoms with Crippen LogP contribution in [-0.2, 0) is 0 Å². The fourth-order valence-electron chi connectivity index (χ4n) is 1.72. The molecule has 0 aliphatic heterocycles. The number of rotatable bonds is 3. The normalized spacial score (nSPS) is 10.8. The van der Waals surface area contributed by atoms with E-state index in [0.717, 1.165) is 11.1 Å². The lowest BCUT2D eigenvalue weighted by atomic mass is 10.0. The molecule has 19 heavy (non-hydrogen) atoms. The maximum atomic E-state index is 12.0. The number of nitrogens with zero attached hydrogens (tertiary/aromatic N) is 1. The van der Waals surface area contributed by atoms with Crippen LogP contribution in [0.3, 0.4) is 0 Å². The topological polar surface area (TPSA) is 50.2 Å². The third kappa shape index (κ3) is 3.07. The van der Waals surface area contributed by atoms with E-state index in [-0.39, 0.29) is 11.5 Å². The smallest absolute Gasteiger partial charge is 0.189 e. The number of aromatic hydroxyl groups is 1. The van der Waals surface area contributed by atoms with Crippen molar-refractivity contribution < 1.29 is 9.90 Å². The quantitative estimate of drug-likeness (QED) is 0.674. The first-order valence-electron chi connectivity index (χ1n) is 6.01. The van der Waals surface area contributed by atoms with Gasteiger partial charge in [0, 0.05) is 6.20 Å². The number of phenols is 1. The molecule has 0 atom stereocenters. The molecule has 2 aromatic rings. The number of aromatic nitrogens is 1. The van der Waals surface area contributed by atoms with E-state index in [0.29, 0.717) is 11.3 Å². The van der Waals surface area contributed by atoms with Crippen LogP contribution in [0.25, 0.3) is 6.08 Å². The predicted molar refractivity (Wildman–Crippen MR) is 75.2 cm³/mol. The highest BCUT2D eigenvalue weighted by molar-refractivity contribution is 6.08. The van der Waals surface area contributed by atoms with Crippen molar-refractivity contribution in [3.8, 4) is 5.75 Å².